The first kappa shape index (κ1) is 21.7. The number of fused-ring (bicyclic) bond motifs is 1. The highest BCUT2D eigenvalue weighted by atomic mass is 16.5. The minimum atomic E-state index is -0.911. The summed E-state index contributed by atoms with van der Waals surface area (Å²) in [4.78, 5) is 40.1. The van der Waals surface area contributed by atoms with E-state index in [-0.39, 0.29) is 30.2 Å². The number of amides is 3. The summed E-state index contributed by atoms with van der Waals surface area (Å²) < 4.78 is 6.18. The van der Waals surface area contributed by atoms with Gasteiger partial charge in [0.1, 0.15) is 11.8 Å². The number of nitrogens with zero attached hydrogens (tertiary/aromatic N) is 1. The lowest BCUT2D eigenvalue weighted by Crippen LogP contribution is -2.56. The molecule has 3 aliphatic rings. The average Bonchev–Trinajstić information content (AvgIpc) is 2.88. The largest absolute Gasteiger partial charge is 0.467 e. The number of para-hydroxylation sites is 1. The summed E-state index contributed by atoms with van der Waals surface area (Å²) in [7, 11) is 0. The third kappa shape index (κ3) is 4.86. The van der Waals surface area contributed by atoms with Crippen LogP contribution in [0.5, 0.6) is 5.75 Å². The number of rotatable bonds is 3. The van der Waals surface area contributed by atoms with E-state index in [2.05, 4.69) is 10.6 Å². The number of hydrogen-bond acceptors (Lipinski definition) is 4. The van der Waals surface area contributed by atoms with Crippen molar-refractivity contribution in [2.75, 3.05) is 6.54 Å². The molecule has 0 aromatic heterocycles. The molecule has 0 radical (unpaired) electrons. The predicted octanol–water partition coefficient (Wildman–Crippen LogP) is 3.14. The van der Waals surface area contributed by atoms with E-state index >= 15 is 0 Å². The van der Waals surface area contributed by atoms with Crippen molar-refractivity contribution in [1.82, 2.24) is 15.5 Å². The van der Waals surface area contributed by atoms with Crippen LogP contribution in [0.15, 0.2) is 24.3 Å². The van der Waals surface area contributed by atoms with Crippen LogP contribution in [0.3, 0.4) is 0 Å². The zero-order chi connectivity index (χ0) is 21.8. The molecule has 7 heteroatoms. The summed E-state index contributed by atoms with van der Waals surface area (Å²) in [6, 6.07) is 6.80. The van der Waals surface area contributed by atoms with Gasteiger partial charge in [-0.25, -0.2) is 0 Å². The molecule has 0 unspecified atom stereocenters. The summed E-state index contributed by atoms with van der Waals surface area (Å²) in [5.41, 5.74) is -0.404. The quantitative estimate of drug-likeness (QED) is 0.776. The summed E-state index contributed by atoms with van der Waals surface area (Å²) >= 11 is 0. The average molecular weight is 428 g/mol. The molecule has 168 valence electrons. The first-order valence-corrected chi connectivity index (χ1v) is 11.7. The van der Waals surface area contributed by atoms with Crippen molar-refractivity contribution in [3.8, 4) is 5.75 Å². The molecule has 2 fully saturated rings. The van der Waals surface area contributed by atoms with E-state index in [0.29, 0.717) is 30.7 Å². The first-order chi connectivity index (χ1) is 15.0. The van der Waals surface area contributed by atoms with Gasteiger partial charge >= 0.3 is 0 Å². The predicted molar refractivity (Wildman–Crippen MR) is 117 cm³/mol. The number of likely N-dealkylation sites (tertiary alicyclic amines) is 1. The van der Waals surface area contributed by atoms with Crippen LogP contribution < -0.4 is 15.4 Å². The summed E-state index contributed by atoms with van der Waals surface area (Å²) in [6.45, 7) is 2.16. The van der Waals surface area contributed by atoms with E-state index in [4.69, 9.17) is 4.74 Å². The van der Waals surface area contributed by atoms with Gasteiger partial charge in [-0.15, -0.1) is 0 Å². The Hall–Kier alpha value is -2.57. The maximum atomic E-state index is 12.9. The third-order valence-corrected chi connectivity index (χ3v) is 6.90. The normalized spacial score (nSPS) is 26.0. The van der Waals surface area contributed by atoms with Gasteiger partial charge in [0.2, 0.25) is 11.8 Å². The molecule has 3 amide bonds. The number of carbonyl (C=O) groups is 3. The fourth-order valence-electron chi connectivity index (χ4n) is 4.96. The fourth-order valence-corrected chi connectivity index (χ4v) is 4.96. The second-order valence-electron chi connectivity index (χ2n) is 9.11. The van der Waals surface area contributed by atoms with E-state index in [1.807, 2.05) is 6.07 Å². The Bertz CT molecular complexity index is 834. The molecule has 1 spiro atoms. The summed E-state index contributed by atoms with van der Waals surface area (Å²) in [5, 5.41) is 6.16. The first-order valence-electron chi connectivity index (χ1n) is 11.7. The SMILES string of the molecule is C[C@@H](C(=O)NC1CCCCCCC1)N1CC[C@@]2(CCC1=O)NC(=O)c1ccccc1O2. The van der Waals surface area contributed by atoms with Crippen molar-refractivity contribution in [2.45, 2.75) is 88.9 Å². The van der Waals surface area contributed by atoms with Crippen LogP contribution in [0.25, 0.3) is 0 Å². The van der Waals surface area contributed by atoms with Crippen LogP contribution in [-0.2, 0) is 9.59 Å². The Morgan fingerprint density at radius 3 is 2.61 bits per heavy atom. The standard InChI is InChI=1S/C24H33N3O4/c1-17(22(29)25-18-9-5-3-2-4-6-10-18)27-16-15-24(14-13-21(27)28)26-23(30)19-11-7-8-12-20(19)31-24/h7-8,11-12,17-18H,2-6,9-10,13-16H2,1H3,(H,25,29)(H,26,30)/t17-,24-/m0/s1. The molecule has 1 aromatic carbocycles. The van der Waals surface area contributed by atoms with E-state index in [0.717, 1.165) is 25.7 Å². The molecule has 2 N–H and O–H groups in total. The highest BCUT2D eigenvalue weighted by molar-refractivity contribution is 5.98. The molecule has 0 bridgehead atoms. The third-order valence-electron chi connectivity index (χ3n) is 6.90. The monoisotopic (exact) mass is 427 g/mol. The zero-order valence-corrected chi connectivity index (χ0v) is 18.3. The van der Waals surface area contributed by atoms with Crippen molar-refractivity contribution in [1.29, 1.82) is 0 Å². The minimum absolute atomic E-state index is 0.0751. The summed E-state index contributed by atoms with van der Waals surface area (Å²) in [6.07, 6.45) is 9.09. The Balaban J connectivity index is 1.41. The number of ether oxygens (including phenoxy) is 1. The van der Waals surface area contributed by atoms with Gasteiger partial charge in [-0.1, -0.05) is 44.2 Å². The molecule has 1 aliphatic carbocycles. The molecular weight excluding hydrogens is 394 g/mol. The second kappa shape index (κ2) is 9.28. The summed E-state index contributed by atoms with van der Waals surface area (Å²) in [5.74, 6) is 0.197. The van der Waals surface area contributed by atoms with Crippen molar-refractivity contribution >= 4 is 17.7 Å². The lowest BCUT2D eigenvalue weighted by atomic mass is 9.96. The van der Waals surface area contributed by atoms with Crippen LogP contribution in [-0.4, -0.2) is 47.0 Å². The van der Waals surface area contributed by atoms with Crippen LogP contribution in [0, 0.1) is 0 Å². The topological polar surface area (TPSA) is 87.7 Å². The van der Waals surface area contributed by atoms with Gasteiger partial charge in [-0.3, -0.25) is 14.4 Å². The highest BCUT2D eigenvalue weighted by Crippen LogP contribution is 2.34. The lowest BCUT2D eigenvalue weighted by Gasteiger charge is -2.38. The van der Waals surface area contributed by atoms with Gasteiger partial charge in [0.25, 0.3) is 5.91 Å². The maximum absolute atomic E-state index is 12.9. The second-order valence-corrected chi connectivity index (χ2v) is 9.11. The Morgan fingerprint density at radius 2 is 1.84 bits per heavy atom. The molecule has 31 heavy (non-hydrogen) atoms. The van der Waals surface area contributed by atoms with Crippen LogP contribution in [0.2, 0.25) is 0 Å². The van der Waals surface area contributed by atoms with Gasteiger partial charge in [0, 0.05) is 31.8 Å². The molecule has 2 aliphatic heterocycles. The van der Waals surface area contributed by atoms with Crippen molar-refractivity contribution in [2.24, 2.45) is 0 Å². The molecule has 2 atom stereocenters. The van der Waals surface area contributed by atoms with Crippen LogP contribution in [0.4, 0.5) is 0 Å². The maximum Gasteiger partial charge on any atom is 0.258 e. The zero-order valence-electron chi connectivity index (χ0n) is 18.3. The molecule has 1 aromatic rings. The Morgan fingerprint density at radius 1 is 1.13 bits per heavy atom. The van der Waals surface area contributed by atoms with Crippen molar-refractivity contribution < 1.29 is 19.1 Å². The van der Waals surface area contributed by atoms with E-state index in [9.17, 15) is 14.4 Å². The Kier molecular flexibility index (Phi) is 6.49. The molecule has 4 rings (SSSR count). The van der Waals surface area contributed by atoms with Gasteiger partial charge in [0.15, 0.2) is 5.72 Å². The van der Waals surface area contributed by atoms with Gasteiger partial charge in [0.05, 0.1) is 5.56 Å². The van der Waals surface area contributed by atoms with Crippen molar-refractivity contribution in [3.05, 3.63) is 29.8 Å². The van der Waals surface area contributed by atoms with Crippen LogP contribution >= 0.6 is 0 Å². The number of nitrogens with one attached hydrogen (secondary N) is 2. The lowest BCUT2D eigenvalue weighted by molar-refractivity contribution is -0.139. The fraction of sp³-hybridized carbons (Fsp3) is 0.625. The Labute approximate surface area is 183 Å². The number of carbonyl (C=O) groups excluding carboxylic acids is 3. The van der Waals surface area contributed by atoms with Gasteiger partial charge in [-0.2, -0.15) is 0 Å². The molecule has 7 nitrogen and oxygen atoms in total. The molecule has 1 saturated carbocycles. The van der Waals surface area contributed by atoms with Gasteiger partial charge in [-0.05, 0) is 31.9 Å². The van der Waals surface area contributed by atoms with E-state index < -0.39 is 11.8 Å². The van der Waals surface area contributed by atoms with Gasteiger partial charge < -0.3 is 20.3 Å². The number of hydrogen-bond donors (Lipinski definition) is 2. The number of benzene rings is 1. The van der Waals surface area contributed by atoms with E-state index in [1.54, 1.807) is 30.0 Å². The molecule has 1 saturated heterocycles. The highest BCUT2D eigenvalue weighted by Gasteiger charge is 2.43. The van der Waals surface area contributed by atoms with E-state index in [1.165, 1.54) is 19.3 Å². The van der Waals surface area contributed by atoms with Crippen LogP contribution in [0.1, 0.15) is 81.5 Å². The minimum Gasteiger partial charge on any atom is -0.467 e. The molecule has 2 heterocycles. The van der Waals surface area contributed by atoms with Crippen molar-refractivity contribution in [3.63, 3.8) is 0 Å². The molecular formula is C24H33N3O4. The smallest absolute Gasteiger partial charge is 0.258 e.